The maximum atomic E-state index is 13.1. The topological polar surface area (TPSA) is 187 Å². The smallest absolute Gasteiger partial charge is 0.330 e. The maximum absolute atomic E-state index is 13.1. The molecule has 2 aliphatic heterocycles. The number of hydrogen-bond donors (Lipinski definition) is 4. The van der Waals surface area contributed by atoms with Crippen molar-refractivity contribution in [3.8, 4) is 0 Å². The second-order valence-corrected chi connectivity index (χ2v) is 18.5. The fourth-order valence-corrected chi connectivity index (χ4v) is 11.6. The normalized spacial score (nSPS) is 25.4. The number of aromatic amines is 2. The molecule has 2 saturated heterocycles. The molecule has 0 bridgehead atoms. The van der Waals surface area contributed by atoms with Crippen LogP contribution in [-0.2, 0) is 18.6 Å². The third kappa shape index (κ3) is 7.02. The molecule has 3 unspecified atom stereocenters. The lowest BCUT2D eigenvalue weighted by Crippen LogP contribution is -2.67. The molecule has 2 aromatic carbocycles. The number of aromatic nitrogens is 4. The minimum atomic E-state index is -3.05. The van der Waals surface area contributed by atoms with Gasteiger partial charge in [0.05, 0.1) is 19.3 Å². The van der Waals surface area contributed by atoms with Crippen LogP contribution in [0.25, 0.3) is 0 Å². The lowest BCUT2D eigenvalue weighted by molar-refractivity contribution is -0.118. The summed E-state index contributed by atoms with van der Waals surface area (Å²) < 4.78 is 28.0. The van der Waals surface area contributed by atoms with Crippen LogP contribution in [0.5, 0.6) is 0 Å². The summed E-state index contributed by atoms with van der Waals surface area (Å²) >= 11 is 0. The summed E-state index contributed by atoms with van der Waals surface area (Å²) in [5.74, 6) is 0. The molecule has 272 valence electrons. The molecule has 4 N–H and O–H groups in total. The first-order valence-electron chi connectivity index (χ1n) is 16.9. The number of aliphatic hydroxyl groups excluding tert-OH is 2. The van der Waals surface area contributed by atoms with E-state index in [4.69, 9.17) is 18.6 Å². The first-order chi connectivity index (χ1) is 24.2. The molecule has 0 amide bonds. The number of aliphatic hydroxyl groups is 2. The monoisotopic (exact) mass is 720 g/mol. The van der Waals surface area contributed by atoms with E-state index < -0.39 is 73.8 Å². The van der Waals surface area contributed by atoms with Gasteiger partial charge in [-0.3, -0.25) is 28.7 Å². The van der Waals surface area contributed by atoms with Crippen LogP contribution >= 0.6 is 0 Å². The van der Waals surface area contributed by atoms with E-state index in [2.05, 4.69) is 55.0 Å². The Morgan fingerprint density at radius 3 is 1.86 bits per heavy atom. The molecule has 2 aliphatic rings. The van der Waals surface area contributed by atoms with E-state index in [9.17, 15) is 29.4 Å². The molecule has 15 heteroatoms. The van der Waals surface area contributed by atoms with Gasteiger partial charge in [-0.1, -0.05) is 81.4 Å². The van der Waals surface area contributed by atoms with Gasteiger partial charge < -0.3 is 28.8 Å². The van der Waals surface area contributed by atoms with Crippen molar-refractivity contribution in [1.82, 2.24) is 19.1 Å². The molecule has 7 atom stereocenters. The summed E-state index contributed by atoms with van der Waals surface area (Å²) in [6, 6.07) is 20.0. The highest BCUT2D eigenvalue weighted by molar-refractivity contribution is 6.99. The number of benzene rings is 2. The quantitative estimate of drug-likeness (QED) is 0.169. The standard InChI is InChI=1S/C36H44N4O10Si/c1-21-17-39(34(45)37-31(21)43)28-16-25(41)26(49-28)19-47-30-29(42)27(50-33(30)40-18-22(2)32(44)38-35(40)46)20-48-51(36(3,4)5,23-12-8-6-9-13-23)24-14-10-7-11-15-24/h6-15,17-18,25-30,33,41-42H,16,19-20H2,1-5H3,(H,37,43,45)(H,38,44,46)/t25?,26-,27-,28-,29?,30?,33-/m1/s1. The van der Waals surface area contributed by atoms with Gasteiger partial charge in [-0.15, -0.1) is 0 Å². The summed E-state index contributed by atoms with van der Waals surface area (Å²) in [5.41, 5.74) is -1.96. The first kappa shape index (κ1) is 36.6. The Hall–Kier alpha value is -4.22. The molecule has 2 aromatic heterocycles. The minimum Gasteiger partial charge on any atom is -0.405 e. The maximum Gasteiger partial charge on any atom is 0.330 e. The van der Waals surface area contributed by atoms with Gasteiger partial charge in [-0.25, -0.2) is 9.59 Å². The fourth-order valence-electron chi connectivity index (χ4n) is 7.05. The Balaban J connectivity index is 1.29. The number of hydrogen-bond acceptors (Lipinski definition) is 10. The van der Waals surface area contributed by atoms with E-state index in [1.54, 1.807) is 13.8 Å². The van der Waals surface area contributed by atoms with E-state index >= 15 is 0 Å². The Morgan fingerprint density at radius 1 is 0.784 bits per heavy atom. The number of aryl methyl sites for hydroxylation is 2. The summed E-state index contributed by atoms with van der Waals surface area (Å²) in [4.78, 5) is 54.2. The fraction of sp³-hybridized carbons (Fsp3) is 0.444. The van der Waals surface area contributed by atoms with Crippen LogP contribution in [0, 0.1) is 13.8 Å². The van der Waals surface area contributed by atoms with E-state index in [1.807, 2.05) is 36.4 Å². The van der Waals surface area contributed by atoms with Crippen molar-refractivity contribution in [3.63, 3.8) is 0 Å². The van der Waals surface area contributed by atoms with Crippen molar-refractivity contribution < 1.29 is 28.8 Å². The Morgan fingerprint density at radius 2 is 1.31 bits per heavy atom. The van der Waals surface area contributed by atoms with Crippen molar-refractivity contribution in [1.29, 1.82) is 0 Å². The molecule has 4 aromatic rings. The van der Waals surface area contributed by atoms with Crippen LogP contribution in [0.15, 0.2) is 92.2 Å². The van der Waals surface area contributed by atoms with E-state index in [-0.39, 0.29) is 30.2 Å². The van der Waals surface area contributed by atoms with Crippen molar-refractivity contribution >= 4 is 18.7 Å². The van der Waals surface area contributed by atoms with Crippen LogP contribution in [0.1, 0.15) is 50.8 Å². The van der Waals surface area contributed by atoms with E-state index in [0.717, 1.165) is 10.4 Å². The van der Waals surface area contributed by atoms with Gasteiger partial charge in [0.2, 0.25) is 0 Å². The predicted octanol–water partition coefficient (Wildman–Crippen LogP) is 0.572. The molecule has 0 aliphatic carbocycles. The number of nitrogens with one attached hydrogen (secondary N) is 2. The number of H-pyrrole nitrogens is 2. The zero-order valence-electron chi connectivity index (χ0n) is 29.1. The van der Waals surface area contributed by atoms with E-state index in [0.29, 0.717) is 5.56 Å². The highest BCUT2D eigenvalue weighted by Crippen LogP contribution is 2.39. The molecule has 6 rings (SSSR count). The number of rotatable bonds is 10. The van der Waals surface area contributed by atoms with Gasteiger partial charge in [0.1, 0.15) is 30.6 Å². The van der Waals surface area contributed by atoms with Crippen molar-refractivity contribution in [2.24, 2.45) is 0 Å². The number of nitrogens with zero attached hydrogens (tertiary/aromatic N) is 2. The summed E-state index contributed by atoms with van der Waals surface area (Å²) in [7, 11) is -3.05. The molecule has 14 nitrogen and oxygen atoms in total. The van der Waals surface area contributed by atoms with Gasteiger partial charge in [0.15, 0.2) is 6.23 Å². The van der Waals surface area contributed by atoms with Gasteiger partial charge in [0.25, 0.3) is 19.4 Å². The van der Waals surface area contributed by atoms with E-state index in [1.165, 1.54) is 21.5 Å². The van der Waals surface area contributed by atoms with Crippen LogP contribution in [0.3, 0.4) is 0 Å². The van der Waals surface area contributed by atoms with Crippen molar-refractivity contribution in [2.45, 2.75) is 89.1 Å². The predicted molar refractivity (Wildman–Crippen MR) is 190 cm³/mol. The highest BCUT2D eigenvalue weighted by Gasteiger charge is 2.53. The van der Waals surface area contributed by atoms with Crippen LogP contribution in [-0.4, -0.2) is 81.4 Å². The van der Waals surface area contributed by atoms with Gasteiger partial charge in [0, 0.05) is 29.9 Å². The second kappa shape index (κ2) is 14.4. The Labute approximate surface area is 294 Å². The van der Waals surface area contributed by atoms with Crippen LogP contribution in [0.4, 0.5) is 0 Å². The molecule has 4 heterocycles. The summed E-state index contributed by atoms with van der Waals surface area (Å²) in [5, 5.41) is 24.4. The van der Waals surface area contributed by atoms with Crippen LogP contribution in [0.2, 0.25) is 5.04 Å². The average Bonchev–Trinajstić information content (AvgIpc) is 3.61. The lowest BCUT2D eigenvalue weighted by atomic mass is 10.1. The SMILES string of the molecule is Cc1cn([C@@H]2O[C@H](CO[Si](c3ccccc3)(c3ccccc3)C(C)(C)C)C(O)C2OC[C@H]2O[C@@H](n3cc(C)c(=O)[nH]c3=O)CC2O)c(=O)[nH]c1=O. The summed E-state index contributed by atoms with van der Waals surface area (Å²) in [6.07, 6.45) is -4.73. The minimum absolute atomic E-state index is 0.0418. The molecule has 51 heavy (non-hydrogen) atoms. The third-order valence-electron chi connectivity index (χ3n) is 9.73. The molecular weight excluding hydrogens is 677 g/mol. The number of ether oxygens (including phenoxy) is 3. The molecule has 0 radical (unpaired) electrons. The second-order valence-electron chi connectivity index (χ2n) is 14.2. The Bertz CT molecular complexity index is 2030. The summed E-state index contributed by atoms with van der Waals surface area (Å²) in [6.45, 7) is 9.19. The van der Waals surface area contributed by atoms with Crippen molar-refractivity contribution in [2.75, 3.05) is 13.2 Å². The largest absolute Gasteiger partial charge is 0.405 e. The molecule has 0 saturated carbocycles. The first-order valence-corrected chi connectivity index (χ1v) is 18.8. The zero-order valence-corrected chi connectivity index (χ0v) is 30.1. The lowest BCUT2D eigenvalue weighted by Gasteiger charge is -2.43. The zero-order chi connectivity index (χ0) is 36.7. The highest BCUT2D eigenvalue weighted by atomic mass is 28.4. The average molecular weight is 721 g/mol. The van der Waals surface area contributed by atoms with Gasteiger partial charge >= 0.3 is 11.4 Å². The van der Waals surface area contributed by atoms with Crippen molar-refractivity contribution in [3.05, 3.63) is 126 Å². The molecule has 2 fully saturated rings. The molecular formula is C36H44N4O10Si. The molecule has 0 spiro atoms. The Kier molecular flexibility index (Phi) is 10.3. The van der Waals surface area contributed by atoms with Gasteiger partial charge in [-0.2, -0.15) is 0 Å². The van der Waals surface area contributed by atoms with Crippen LogP contribution < -0.4 is 32.9 Å². The third-order valence-corrected chi connectivity index (χ3v) is 14.7. The van der Waals surface area contributed by atoms with Gasteiger partial charge in [-0.05, 0) is 29.3 Å².